The first-order chi connectivity index (χ1) is 15.5. The maximum absolute atomic E-state index is 12.9. The summed E-state index contributed by atoms with van der Waals surface area (Å²) in [4.78, 5) is 44.0. The van der Waals surface area contributed by atoms with Gasteiger partial charge in [-0.15, -0.1) is 0 Å². The van der Waals surface area contributed by atoms with E-state index in [2.05, 4.69) is 20.6 Å². The highest BCUT2D eigenvalue weighted by atomic mass is 31.1. The van der Waals surface area contributed by atoms with Gasteiger partial charge in [0, 0.05) is 21.0 Å². The van der Waals surface area contributed by atoms with Crippen LogP contribution in [-0.2, 0) is 4.52 Å². The maximum Gasteiger partial charge on any atom is 0.287 e. The predicted octanol–water partition coefficient (Wildman–Crippen LogP) is 3.04. The number of hydrogen-bond acceptors (Lipinski definition) is 5. The average Bonchev–Trinajstić information content (AvgIpc) is 2.82. The van der Waals surface area contributed by atoms with Gasteiger partial charge >= 0.3 is 0 Å². The number of aromatic amines is 1. The van der Waals surface area contributed by atoms with Crippen molar-refractivity contribution in [3.63, 3.8) is 0 Å². The largest absolute Gasteiger partial charge is 0.358 e. The van der Waals surface area contributed by atoms with Crippen molar-refractivity contribution < 1.29 is 14.1 Å². The zero-order valence-electron chi connectivity index (χ0n) is 17.9. The second kappa shape index (κ2) is 11.3. The van der Waals surface area contributed by atoms with Crippen LogP contribution in [0.25, 0.3) is 0 Å². The zero-order chi connectivity index (χ0) is 22.9. The molecule has 1 aromatic heterocycles. The van der Waals surface area contributed by atoms with Gasteiger partial charge in [-0.3, -0.25) is 14.4 Å². The Morgan fingerprint density at radius 2 is 1.62 bits per heavy atom. The van der Waals surface area contributed by atoms with E-state index in [4.69, 9.17) is 4.52 Å². The van der Waals surface area contributed by atoms with Crippen LogP contribution in [0.3, 0.4) is 0 Å². The Hall–Kier alpha value is -3.35. The van der Waals surface area contributed by atoms with Gasteiger partial charge in [0.2, 0.25) is 0 Å². The molecule has 0 spiro atoms. The second-order valence-corrected chi connectivity index (χ2v) is 8.74. The monoisotopic (exact) mass is 452 g/mol. The first-order valence-corrected chi connectivity index (χ1v) is 12.0. The number of carbonyl (C=O) groups is 2. The number of nitrogens with zero attached hydrogens (tertiary/aromatic N) is 1. The van der Waals surface area contributed by atoms with Crippen LogP contribution >= 0.6 is 8.15 Å². The van der Waals surface area contributed by atoms with Gasteiger partial charge in [-0.05, 0) is 24.7 Å². The van der Waals surface area contributed by atoms with Crippen molar-refractivity contribution in [3.05, 3.63) is 99.7 Å². The van der Waals surface area contributed by atoms with E-state index in [1.807, 2.05) is 74.3 Å². The van der Waals surface area contributed by atoms with Crippen LogP contribution in [0.15, 0.2) is 71.7 Å². The van der Waals surface area contributed by atoms with E-state index in [1.54, 1.807) is 0 Å². The van der Waals surface area contributed by atoms with Gasteiger partial charge < -0.3 is 20.1 Å². The van der Waals surface area contributed by atoms with Gasteiger partial charge in [0.25, 0.3) is 17.4 Å². The molecule has 1 unspecified atom stereocenters. The van der Waals surface area contributed by atoms with E-state index in [1.165, 1.54) is 0 Å². The first kappa shape index (κ1) is 23.3. The molecule has 3 rings (SSSR count). The minimum Gasteiger partial charge on any atom is -0.358 e. The van der Waals surface area contributed by atoms with Gasteiger partial charge in [0.15, 0.2) is 5.82 Å². The standard InChI is InChI=1S/C23H25N4O4P/c1-3-31-32(2)15-25-23(30)20-24-14-18(22(29)27-20)21(28)26-19(16-10-6-4-7-11-16)17-12-8-5-9-13-17/h4-14,19H,3,15H2,1-2H3,(H,25,30)(H,26,28)(H,24,27,29). The zero-order valence-corrected chi connectivity index (χ0v) is 18.8. The lowest BCUT2D eigenvalue weighted by Gasteiger charge is -2.19. The van der Waals surface area contributed by atoms with Crippen molar-refractivity contribution in [2.75, 3.05) is 19.6 Å². The minimum atomic E-state index is -0.798. The number of amides is 2. The Morgan fingerprint density at radius 1 is 1.03 bits per heavy atom. The molecule has 166 valence electrons. The number of aromatic nitrogens is 2. The van der Waals surface area contributed by atoms with Crippen LogP contribution < -0.4 is 16.2 Å². The van der Waals surface area contributed by atoms with Gasteiger partial charge in [0.05, 0.1) is 12.3 Å². The molecule has 3 aromatic rings. The third-order valence-corrected chi connectivity index (χ3v) is 5.91. The van der Waals surface area contributed by atoms with Crippen molar-refractivity contribution in [2.45, 2.75) is 13.0 Å². The lowest BCUT2D eigenvalue weighted by Crippen LogP contribution is -2.35. The normalized spacial score (nSPS) is 11.7. The van der Waals surface area contributed by atoms with E-state index in [0.29, 0.717) is 12.9 Å². The molecule has 1 heterocycles. The van der Waals surface area contributed by atoms with Crippen LogP contribution in [0.1, 0.15) is 45.1 Å². The van der Waals surface area contributed by atoms with Crippen LogP contribution in [0.4, 0.5) is 0 Å². The topological polar surface area (TPSA) is 113 Å². The fraction of sp³-hybridized carbons (Fsp3) is 0.217. The van der Waals surface area contributed by atoms with Gasteiger partial charge in [-0.2, -0.15) is 0 Å². The van der Waals surface area contributed by atoms with Crippen molar-refractivity contribution in [2.24, 2.45) is 0 Å². The fourth-order valence-corrected chi connectivity index (χ4v) is 3.96. The maximum atomic E-state index is 12.9. The van der Waals surface area contributed by atoms with E-state index in [9.17, 15) is 14.4 Å². The van der Waals surface area contributed by atoms with Crippen molar-refractivity contribution >= 4 is 20.0 Å². The third kappa shape index (κ3) is 6.09. The Kier molecular flexibility index (Phi) is 8.25. The number of rotatable bonds is 9. The smallest absolute Gasteiger partial charge is 0.287 e. The Balaban J connectivity index is 1.76. The summed E-state index contributed by atoms with van der Waals surface area (Å²) < 4.78 is 5.42. The average molecular weight is 452 g/mol. The molecule has 3 N–H and O–H groups in total. The number of benzene rings is 2. The summed E-state index contributed by atoms with van der Waals surface area (Å²) >= 11 is 0. The third-order valence-electron chi connectivity index (χ3n) is 4.61. The molecule has 0 aliphatic carbocycles. The molecule has 9 heteroatoms. The molecule has 8 nitrogen and oxygen atoms in total. The molecular weight excluding hydrogens is 427 g/mol. The van der Waals surface area contributed by atoms with E-state index < -0.39 is 31.6 Å². The number of hydrogen-bond donors (Lipinski definition) is 3. The molecule has 0 fully saturated rings. The summed E-state index contributed by atoms with van der Waals surface area (Å²) in [5, 5.41) is 5.56. The van der Waals surface area contributed by atoms with E-state index in [-0.39, 0.29) is 11.4 Å². The first-order valence-electron chi connectivity index (χ1n) is 10.1. The summed E-state index contributed by atoms with van der Waals surface area (Å²) in [5.74, 6) is -1.28. The fourth-order valence-electron chi connectivity index (χ4n) is 3.06. The molecule has 0 bridgehead atoms. The molecule has 2 aromatic carbocycles. The summed E-state index contributed by atoms with van der Waals surface area (Å²) in [6, 6.07) is 18.5. The Morgan fingerprint density at radius 3 is 2.16 bits per heavy atom. The molecule has 0 radical (unpaired) electrons. The number of H-pyrrole nitrogens is 1. The predicted molar refractivity (Wildman–Crippen MR) is 124 cm³/mol. The van der Waals surface area contributed by atoms with Crippen LogP contribution in [0.5, 0.6) is 0 Å². The van der Waals surface area contributed by atoms with Crippen molar-refractivity contribution in [1.29, 1.82) is 0 Å². The molecule has 32 heavy (non-hydrogen) atoms. The Bertz CT molecular complexity index is 1070. The molecule has 1 atom stereocenters. The van der Waals surface area contributed by atoms with Crippen LogP contribution in [0, 0.1) is 0 Å². The quantitative estimate of drug-likeness (QED) is 0.432. The highest BCUT2D eigenvalue weighted by Gasteiger charge is 2.21. The van der Waals surface area contributed by atoms with Gasteiger partial charge in [0.1, 0.15) is 5.56 Å². The Labute approximate surface area is 187 Å². The lowest BCUT2D eigenvalue weighted by molar-refractivity contribution is 0.0929. The molecule has 0 saturated heterocycles. The lowest BCUT2D eigenvalue weighted by atomic mass is 9.98. The summed E-state index contributed by atoms with van der Waals surface area (Å²) in [6.07, 6.45) is 1.46. The van der Waals surface area contributed by atoms with E-state index >= 15 is 0 Å². The van der Waals surface area contributed by atoms with Crippen molar-refractivity contribution in [1.82, 2.24) is 20.6 Å². The van der Waals surface area contributed by atoms with E-state index in [0.717, 1.165) is 17.3 Å². The summed E-state index contributed by atoms with van der Waals surface area (Å²) in [6.45, 7) is 4.33. The molecular formula is C23H25N4O4P. The minimum absolute atomic E-state index is 0.158. The molecule has 0 aliphatic heterocycles. The molecule has 2 amide bonds. The van der Waals surface area contributed by atoms with Gasteiger partial charge in [-0.1, -0.05) is 60.7 Å². The van der Waals surface area contributed by atoms with Crippen LogP contribution in [0.2, 0.25) is 0 Å². The van der Waals surface area contributed by atoms with Crippen LogP contribution in [-0.4, -0.2) is 41.3 Å². The summed E-state index contributed by atoms with van der Waals surface area (Å²) in [7, 11) is -0.798. The highest BCUT2D eigenvalue weighted by molar-refractivity contribution is 7.51. The second-order valence-electron chi connectivity index (χ2n) is 6.91. The molecule has 0 aliphatic rings. The van der Waals surface area contributed by atoms with Crippen molar-refractivity contribution in [3.8, 4) is 0 Å². The molecule has 0 saturated carbocycles. The van der Waals surface area contributed by atoms with Gasteiger partial charge in [-0.25, -0.2) is 4.98 Å². The number of carbonyl (C=O) groups excluding carboxylic acids is 2. The number of nitrogens with one attached hydrogen (secondary N) is 3. The highest BCUT2D eigenvalue weighted by Crippen LogP contribution is 2.29. The summed E-state index contributed by atoms with van der Waals surface area (Å²) in [5.41, 5.74) is 0.882. The SMILES string of the molecule is CCOP(C)CNC(=O)c1ncc(C(=O)NC(c2ccccc2)c2ccccc2)c(=O)[nH]1.